The van der Waals surface area contributed by atoms with Gasteiger partial charge in [-0.15, -0.1) is 11.3 Å². The number of nitrogens with zero attached hydrogens (tertiary/aromatic N) is 2. The number of primary sulfonamides is 1. The van der Waals surface area contributed by atoms with E-state index >= 15 is 0 Å². The number of rotatable bonds is 8. The minimum atomic E-state index is -3.69. The van der Waals surface area contributed by atoms with Crippen LogP contribution in [0.5, 0.6) is 0 Å². The number of carbonyl (C=O) groups excluding carboxylic acids is 1. The second kappa shape index (κ2) is 8.85. The van der Waals surface area contributed by atoms with Crippen molar-refractivity contribution >= 4 is 43.3 Å². The number of carbonyl (C=O) groups is 1. The third kappa shape index (κ3) is 5.49. The number of amides is 1. The van der Waals surface area contributed by atoms with Gasteiger partial charge in [-0.25, -0.2) is 23.5 Å². The second-order valence-corrected chi connectivity index (χ2v) is 9.22. The summed E-state index contributed by atoms with van der Waals surface area (Å²) in [4.78, 5) is 23.3. The summed E-state index contributed by atoms with van der Waals surface area (Å²) in [6, 6.07) is 8.36. The molecule has 0 radical (unpaired) electrons. The van der Waals surface area contributed by atoms with E-state index in [1.807, 2.05) is 6.92 Å². The molecule has 2 heterocycles. The topological polar surface area (TPSA) is 127 Å². The average molecular weight is 434 g/mol. The first-order chi connectivity index (χ1) is 13.8. The third-order valence-electron chi connectivity index (χ3n) is 4.31. The van der Waals surface area contributed by atoms with E-state index < -0.39 is 10.0 Å². The van der Waals surface area contributed by atoms with Crippen LogP contribution in [-0.4, -0.2) is 37.4 Å². The molecule has 1 amide bonds. The van der Waals surface area contributed by atoms with Crippen LogP contribution in [0.25, 0.3) is 10.2 Å². The minimum Gasteiger partial charge on any atom is -0.360 e. The van der Waals surface area contributed by atoms with Crippen LogP contribution in [0.3, 0.4) is 0 Å². The molecule has 1 aromatic carbocycles. The van der Waals surface area contributed by atoms with Crippen molar-refractivity contribution < 1.29 is 13.2 Å². The predicted molar refractivity (Wildman–Crippen MR) is 115 cm³/mol. The van der Waals surface area contributed by atoms with E-state index in [1.54, 1.807) is 23.5 Å². The molecule has 2 aromatic heterocycles. The van der Waals surface area contributed by atoms with E-state index in [-0.39, 0.29) is 17.3 Å². The SMILES string of the molecule is CCc1cc2c(NCC(=O)NCCc3ccc(S(N)(=O)=O)cc3)nc(C)nc2s1. The van der Waals surface area contributed by atoms with Gasteiger partial charge in [0.2, 0.25) is 15.9 Å². The van der Waals surface area contributed by atoms with Gasteiger partial charge in [-0.3, -0.25) is 4.79 Å². The maximum absolute atomic E-state index is 12.2. The third-order valence-corrected chi connectivity index (χ3v) is 6.41. The first kappa shape index (κ1) is 21.2. The van der Waals surface area contributed by atoms with Gasteiger partial charge in [-0.2, -0.15) is 0 Å². The summed E-state index contributed by atoms with van der Waals surface area (Å²) in [7, 11) is -3.69. The van der Waals surface area contributed by atoms with Gasteiger partial charge in [-0.05, 0) is 43.5 Å². The lowest BCUT2D eigenvalue weighted by molar-refractivity contribution is -0.119. The Morgan fingerprint density at radius 1 is 1.21 bits per heavy atom. The van der Waals surface area contributed by atoms with Crippen molar-refractivity contribution in [3.63, 3.8) is 0 Å². The van der Waals surface area contributed by atoms with Crippen LogP contribution < -0.4 is 15.8 Å². The van der Waals surface area contributed by atoms with Gasteiger partial charge in [0.1, 0.15) is 16.5 Å². The molecule has 0 bridgehead atoms. The number of aromatic nitrogens is 2. The Kier molecular flexibility index (Phi) is 6.46. The molecule has 3 rings (SSSR count). The number of thiophene rings is 1. The Bertz CT molecular complexity index is 1120. The summed E-state index contributed by atoms with van der Waals surface area (Å²) in [6.07, 6.45) is 1.51. The normalized spacial score (nSPS) is 11.6. The average Bonchev–Trinajstić information content (AvgIpc) is 3.09. The largest absolute Gasteiger partial charge is 0.360 e. The van der Waals surface area contributed by atoms with Crippen molar-refractivity contribution in [2.24, 2.45) is 5.14 Å². The summed E-state index contributed by atoms with van der Waals surface area (Å²) in [6.45, 7) is 4.46. The molecule has 3 aromatic rings. The monoisotopic (exact) mass is 433 g/mol. The standard InChI is InChI=1S/C19H23N5O3S2/c1-3-14-10-16-18(23-12(2)24-19(16)28-14)22-11-17(25)21-9-8-13-4-6-15(7-5-13)29(20,26)27/h4-7,10H,3,8-9,11H2,1-2H3,(H,21,25)(H2,20,26,27)(H,22,23,24). The molecule has 0 fully saturated rings. The highest BCUT2D eigenvalue weighted by atomic mass is 32.2. The van der Waals surface area contributed by atoms with Crippen LogP contribution in [0.15, 0.2) is 35.2 Å². The minimum absolute atomic E-state index is 0.0700. The van der Waals surface area contributed by atoms with E-state index in [1.165, 1.54) is 17.0 Å². The maximum atomic E-state index is 12.2. The zero-order valence-corrected chi connectivity index (χ0v) is 17.9. The number of nitrogens with two attached hydrogens (primary N) is 1. The van der Waals surface area contributed by atoms with Gasteiger partial charge in [0, 0.05) is 11.4 Å². The molecule has 0 unspecified atom stereocenters. The van der Waals surface area contributed by atoms with Crippen molar-refractivity contribution in [1.82, 2.24) is 15.3 Å². The highest BCUT2D eigenvalue weighted by Crippen LogP contribution is 2.29. The van der Waals surface area contributed by atoms with Crippen molar-refractivity contribution in [2.45, 2.75) is 31.6 Å². The Hall–Kier alpha value is -2.56. The Balaban J connectivity index is 1.53. The number of aryl methyl sites for hydroxylation is 2. The molecule has 29 heavy (non-hydrogen) atoms. The van der Waals surface area contributed by atoms with Gasteiger partial charge >= 0.3 is 0 Å². The highest BCUT2D eigenvalue weighted by molar-refractivity contribution is 7.89. The van der Waals surface area contributed by atoms with Crippen LogP contribution in [0, 0.1) is 6.92 Å². The molecular weight excluding hydrogens is 410 g/mol. The number of anilines is 1. The van der Waals surface area contributed by atoms with E-state index in [4.69, 9.17) is 5.14 Å². The lowest BCUT2D eigenvalue weighted by atomic mass is 10.1. The molecule has 0 aliphatic heterocycles. The van der Waals surface area contributed by atoms with E-state index in [2.05, 4.69) is 33.6 Å². The summed E-state index contributed by atoms with van der Waals surface area (Å²) in [5.74, 6) is 1.17. The van der Waals surface area contributed by atoms with Gasteiger partial charge in [0.05, 0.1) is 16.8 Å². The zero-order chi connectivity index (χ0) is 21.0. The molecule has 0 aliphatic carbocycles. The second-order valence-electron chi connectivity index (χ2n) is 6.55. The first-order valence-electron chi connectivity index (χ1n) is 9.15. The van der Waals surface area contributed by atoms with Crippen molar-refractivity contribution in [1.29, 1.82) is 0 Å². The van der Waals surface area contributed by atoms with Crippen molar-refractivity contribution in [2.75, 3.05) is 18.4 Å². The van der Waals surface area contributed by atoms with E-state index in [0.29, 0.717) is 24.6 Å². The number of sulfonamides is 1. The van der Waals surface area contributed by atoms with Gasteiger partial charge < -0.3 is 10.6 Å². The number of fused-ring (bicyclic) bond motifs is 1. The van der Waals surface area contributed by atoms with E-state index in [9.17, 15) is 13.2 Å². The van der Waals surface area contributed by atoms with Crippen molar-refractivity contribution in [3.8, 4) is 0 Å². The summed E-state index contributed by atoms with van der Waals surface area (Å²) >= 11 is 1.64. The molecule has 0 atom stereocenters. The predicted octanol–water partition coefficient (Wildman–Crippen LogP) is 1.98. The Labute approximate surface area is 173 Å². The van der Waals surface area contributed by atoms with Gasteiger partial charge in [-0.1, -0.05) is 19.1 Å². The van der Waals surface area contributed by atoms with Crippen LogP contribution in [0.1, 0.15) is 23.2 Å². The Morgan fingerprint density at radius 3 is 2.59 bits per heavy atom. The molecule has 0 saturated heterocycles. The first-order valence-corrected chi connectivity index (χ1v) is 11.5. The van der Waals surface area contributed by atoms with Gasteiger partial charge in [0.15, 0.2) is 0 Å². The fraction of sp³-hybridized carbons (Fsp3) is 0.316. The quantitative estimate of drug-likeness (QED) is 0.498. The molecule has 8 nitrogen and oxygen atoms in total. The van der Waals surface area contributed by atoms with Crippen molar-refractivity contribution in [3.05, 3.63) is 46.6 Å². The number of benzene rings is 1. The van der Waals surface area contributed by atoms with Crippen LogP contribution >= 0.6 is 11.3 Å². The molecule has 10 heteroatoms. The zero-order valence-electron chi connectivity index (χ0n) is 16.2. The van der Waals surface area contributed by atoms with Crippen LogP contribution in [0.2, 0.25) is 0 Å². The number of nitrogens with one attached hydrogen (secondary N) is 2. The smallest absolute Gasteiger partial charge is 0.239 e. The molecule has 154 valence electrons. The number of hydrogen-bond acceptors (Lipinski definition) is 7. The van der Waals surface area contributed by atoms with E-state index in [0.717, 1.165) is 22.2 Å². The van der Waals surface area contributed by atoms with Gasteiger partial charge in [0.25, 0.3) is 0 Å². The molecular formula is C19H23N5O3S2. The van der Waals surface area contributed by atoms with Crippen LogP contribution in [0.4, 0.5) is 5.82 Å². The fourth-order valence-electron chi connectivity index (χ4n) is 2.81. The summed E-state index contributed by atoms with van der Waals surface area (Å²) < 4.78 is 22.5. The molecule has 0 aliphatic rings. The summed E-state index contributed by atoms with van der Waals surface area (Å²) in [5, 5.41) is 12.0. The fourth-order valence-corrected chi connectivity index (χ4v) is 4.33. The molecule has 0 saturated carbocycles. The number of hydrogen-bond donors (Lipinski definition) is 3. The lowest BCUT2D eigenvalue weighted by Gasteiger charge is -2.09. The summed E-state index contributed by atoms with van der Waals surface area (Å²) in [5.41, 5.74) is 0.907. The molecule has 0 spiro atoms. The maximum Gasteiger partial charge on any atom is 0.239 e. The highest BCUT2D eigenvalue weighted by Gasteiger charge is 2.11. The lowest BCUT2D eigenvalue weighted by Crippen LogP contribution is -2.31. The molecule has 4 N–H and O–H groups in total. The van der Waals surface area contributed by atoms with Crippen LogP contribution in [-0.2, 0) is 27.7 Å². The Morgan fingerprint density at radius 2 is 1.93 bits per heavy atom.